The number of carbonyl (C=O) groups is 3. The summed E-state index contributed by atoms with van der Waals surface area (Å²) in [7, 11) is 0. The van der Waals surface area contributed by atoms with Crippen LogP contribution >= 0.6 is 34.5 Å². The summed E-state index contributed by atoms with van der Waals surface area (Å²) < 4.78 is 10.8. The summed E-state index contributed by atoms with van der Waals surface area (Å²) in [6.45, 7) is 10.5. The minimum atomic E-state index is -0.743. The zero-order valence-electron chi connectivity index (χ0n) is 22.9. The summed E-state index contributed by atoms with van der Waals surface area (Å²) >= 11 is 13.6. The number of carbonyl (C=O) groups excluding carboxylic acids is 3. The van der Waals surface area contributed by atoms with Gasteiger partial charge in [0.1, 0.15) is 15.5 Å². The number of esters is 2. The second-order valence-electron chi connectivity index (χ2n) is 10.0. The Morgan fingerprint density at radius 2 is 1.68 bits per heavy atom. The number of benzene rings is 2. The SMILES string of the molecule is CCOC(=O)c1c(NC(=O)c2c(C)c(-c3ccc(Cl)cc3Cl)nc3ccccc23)sc(C(=O)OC(C)(C)C)c1C. The van der Waals surface area contributed by atoms with E-state index < -0.39 is 23.4 Å². The minimum absolute atomic E-state index is 0.109. The van der Waals surface area contributed by atoms with Crippen molar-refractivity contribution in [3.63, 3.8) is 0 Å². The van der Waals surface area contributed by atoms with Gasteiger partial charge in [-0.3, -0.25) is 4.79 Å². The van der Waals surface area contributed by atoms with Crippen LogP contribution in [0.3, 0.4) is 0 Å². The molecule has 208 valence electrons. The average molecular weight is 600 g/mol. The lowest BCUT2D eigenvalue weighted by Gasteiger charge is -2.19. The Kier molecular flexibility index (Phi) is 8.54. The number of rotatable bonds is 6. The third kappa shape index (κ3) is 5.99. The lowest BCUT2D eigenvalue weighted by Crippen LogP contribution is -2.23. The van der Waals surface area contributed by atoms with Gasteiger partial charge in [-0.05, 0) is 76.9 Å². The van der Waals surface area contributed by atoms with Crippen molar-refractivity contribution in [2.75, 3.05) is 11.9 Å². The van der Waals surface area contributed by atoms with Crippen molar-refractivity contribution in [3.8, 4) is 11.3 Å². The molecule has 0 spiro atoms. The van der Waals surface area contributed by atoms with Gasteiger partial charge in [-0.1, -0.05) is 41.4 Å². The molecule has 0 aliphatic heterocycles. The summed E-state index contributed by atoms with van der Waals surface area (Å²) in [4.78, 5) is 44.9. The van der Waals surface area contributed by atoms with Crippen LogP contribution in [-0.4, -0.2) is 35.0 Å². The summed E-state index contributed by atoms with van der Waals surface area (Å²) in [6.07, 6.45) is 0. The zero-order chi connectivity index (χ0) is 29.4. The van der Waals surface area contributed by atoms with Crippen LogP contribution in [0.5, 0.6) is 0 Å². The third-order valence-corrected chi connectivity index (χ3v) is 7.72. The maximum atomic E-state index is 14.0. The molecule has 0 saturated heterocycles. The van der Waals surface area contributed by atoms with Crippen LogP contribution in [0.1, 0.15) is 69.2 Å². The maximum Gasteiger partial charge on any atom is 0.349 e. The smallest absolute Gasteiger partial charge is 0.349 e. The van der Waals surface area contributed by atoms with Crippen LogP contribution in [0.2, 0.25) is 10.0 Å². The first-order chi connectivity index (χ1) is 18.8. The molecule has 0 bridgehead atoms. The van der Waals surface area contributed by atoms with Gasteiger partial charge in [-0.25, -0.2) is 14.6 Å². The normalized spacial score (nSPS) is 11.4. The lowest BCUT2D eigenvalue weighted by molar-refractivity contribution is 0.00743. The van der Waals surface area contributed by atoms with Gasteiger partial charge in [0.2, 0.25) is 0 Å². The largest absolute Gasteiger partial charge is 0.462 e. The van der Waals surface area contributed by atoms with Gasteiger partial charge in [0, 0.05) is 16.0 Å². The molecule has 2 aromatic carbocycles. The molecular formula is C30H28Cl2N2O5S. The monoisotopic (exact) mass is 598 g/mol. The molecule has 0 aliphatic carbocycles. The number of nitrogens with zero attached hydrogens (tertiary/aromatic N) is 1. The first-order valence-corrected chi connectivity index (χ1v) is 14.1. The van der Waals surface area contributed by atoms with E-state index >= 15 is 0 Å². The predicted molar refractivity (Wildman–Crippen MR) is 160 cm³/mol. The number of anilines is 1. The van der Waals surface area contributed by atoms with Crippen molar-refractivity contribution in [1.82, 2.24) is 4.98 Å². The van der Waals surface area contributed by atoms with Crippen LogP contribution < -0.4 is 5.32 Å². The number of aromatic nitrogens is 1. The Bertz CT molecular complexity index is 1660. The van der Waals surface area contributed by atoms with E-state index in [0.29, 0.717) is 48.9 Å². The molecule has 4 aromatic rings. The first kappa shape index (κ1) is 29.5. The van der Waals surface area contributed by atoms with Crippen LogP contribution in [0, 0.1) is 13.8 Å². The van der Waals surface area contributed by atoms with Crippen LogP contribution in [0.25, 0.3) is 22.2 Å². The van der Waals surface area contributed by atoms with E-state index in [-0.39, 0.29) is 22.0 Å². The van der Waals surface area contributed by atoms with Crippen LogP contribution in [0.15, 0.2) is 42.5 Å². The standard InChI is InChI=1S/C30H28Cl2N2O5S/c1-7-38-28(36)23-16(3)25(29(37)39-30(4,5)6)40-27(23)34-26(35)22-15(2)24(18-13-12-17(31)14-20(18)32)33-21-11-9-8-10-19(21)22/h8-14H,7H2,1-6H3,(H,34,35). The molecule has 2 aromatic heterocycles. The highest BCUT2D eigenvalue weighted by Crippen LogP contribution is 2.38. The van der Waals surface area contributed by atoms with E-state index in [4.69, 9.17) is 37.7 Å². The minimum Gasteiger partial charge on any atom is -0.462 e. The fourth-order valence-electron chi connectivity index (χ4n) is 4.28. The molecule has 0 fully saturated rings. The molecule has 1 N–H and O–H groups in total. The van der Waals surface area contributed by atoms with E-state index in [1.165, 1.54) is 0 Å². The second-order valence-corrected chi connectivity index (χ2v) is 11.9. The van der Waals surface area contributed by atoms with Gasteiger partial charge >= 0.3 is 11.9 Å². The van der Waals surface area contributed by atoms with E-state index in [1.54, 1.807) is 71.9 Å². The molecule has 10 heteroatoms. The molecule has 0 atom stereocenters. The van der Waals surface area contributed by atoms with Crippen molar-refractivity contribution in [1.29, 1.82) is 0 Å². The third-order valence-electron chi connectivity index (χ3n) is 5.99. The molecule has 0 radical (unpaired) electrons. The number of thiophene rings is 1. The second kappa shape index (κ2) is 11.6. The van der Waals surface area contributed by atoms with Crippen LogP contribution in [-0.2, 0) is 9.47 Å². The highest BCUT2D eigenvalue weighted by atomic mass is 35.5. The maximum absolute atomic E-state index is 14.0. The van der Waals surface area contributed by atoms with Gasteiger partial charge in [0.25, 0.3) is 5.91 Å². The number of hydrogen-bond acceptors (Lipinski definition) is 7. The van der Waals surface area contributed by atoms with E-state index in [1.807, 2.05) is 12.1 Å². The summed E-state index contributed by atoms with van der Waals surface area (Å²) in [5, 5.41) is 4.54. The van der Waals surface area contributed by atoms with Gasteiger partial charge in [0.05, 0.1) is 34.0 Å². The van der Waals surface area contributed by atoms with Crippen molar-refractivity contribution >= 4 is 68.3 Å². The molecule has 2 heterocycles. The lowest BCUT2D eigenvalue weighted by atomic mass is 9.97. The van der Waals surface area contributed by atoms with Gasteiger partial charge < -0.3 is 14.8 Å². The summed E-state index contributed by atoms with van der Waals surface area (Å²) in [6, 6.07) is 12.3. The Morgan fingerprint density at radius 1 is 0.975 bits per heavy atom. The Hall–Kier alpha value is -3.46. The number of ether oxygens (including phenoxy) is 2. The van der Waals surface area contributed by atoms with Gasteiger partial charge in [-0.15, -0.1) is 11.3 Å². The number of nitrogens with one attached hydrogen (secondary N) is 1. The van der Waals surface area contributed by atoms with Crippen LogP contribution in [0.4, 0.5) is 5.00 Å². The predicted octanol–water partition coefficient (Wildman–Crippen LogP) is 8.27. The fraction of sp³-hybridized carbons (Fsp3) is 0.267. The first-order valence-electron chi connectivity index (χ1n) is 12.5. The fourth-order valence-corrected chi connectivity index (χ4v) is 5.84. The molecule has 40 heavy (non-hydrogen) atoms. The number of halogens is 2. The number of pyridine rings is 1. The molecular weight excluding hydrogens is 571 g/mol. The zero-order valence-corrected chi connectivity index (χ0v) is 25.2. The number of hydrogen-bond donors (Lipinski definition) is 1. The molecule has 4 rings (SSSR count). The highest BCUT2D eigenvalue weighted by molar-refractivity contribution is 7.18. The Labute approximate surface area is 246 Å². The number of fused-ring (bicyclic) bond motifs is 1. The summed E-state index contributed by atoms with van der Waals surface area (Å²) in [5.74, 6) is -1.72. The Morgan fingerprint density at radius 3 is 2.33 bits per heavy atom. The topological polar surface area (TPSA) is 94.6 Å². The van der Waals surface area contributed by atoms with Crippen molar-refractivity contribution in [2.45, 2.75) is 47.1 Å². The van der Waals surface area contributed by atoms with E-state index in [9.17, 15) is 14.4 Å². The summed E-state index contributed by atoms with van der Waals surface area (Å²) in [5.41, 5.74) is 2.40. The molecule has 7 nitrogen and oxygen atoms in total. The number of amides is 1. The molecule has 0 aliphatic rings. The molecule has 0 unspecified atom stereocenters. The highest BCUT2D eigenvalue weighted by Gasteiger charge is 2.30. The van der Waals surface area contributed by atoms with Crippen molar-refractivity contribution < 1.29 is 23.9 Å². The quantitative estimate of drug-likeness (QED) is 0.224. The Balaban J connectivity index is 1.86. The van der Waals surface area contributed by atoms with Gasteiger partial charge in [-0.2, -0.15) is 0 Å². The molecule has 0 saturated carbocycles. The van der Waals surface area contributed by atoms with Crippen molar-refractivity contribution in [3.05, 3.63) is 79.6 Å². The van der Waals surface area contributed by atoms with Gasteiger partial charge in [0.15, 0.2) is 0 Å². The number of para-hydroxylation sites is 1. The average Bonchev–Trinajstić information content (AvgIpc) is 3.18. The molecule has 1 amide bonds. The van der Waals surface area contributed by atoms with Crippen molar-refractivity contribution in [2.24, 2.45) is 0 Å². The van der Waals surface area contributed by atoms with E-state index in [0.717, 1.165) is 11.3 Å². The van der Waals surface area contributed by atoms with E-state index in [2.05, 4.69) is 5.32 Å².